The number of aryl methyl sites for hydroxylation is 1. The minimum Gasteiger partial charge on any atom is -0.311 e. The predicted molar refractivity (Wildman–Crippen MR) is 111 cm³/mol. The Hall–Kier alpha value is -2.16. The van der Waals surface area contributed by atoms with Gasteiger partial charge >= 0.3 is 0 Å². The number of benzene rings is 3. The quantitative estimate of drug-likeness (QED) is 0.725. The van der Waals surface area contributed by atoms with Crippen LogP contribution in [-0.4, -0.2) is 30.1 Å². The van der Waals surface area contributed by atoms with Crippen LogP contribution in [0.4, 0.5) is 0 Å². The zero-order chi connectivity index (χ0) is 18.1. The lowest BCUT2D eigenvalue weighted by atomic mass is 9.92. The van der Waals surface area contributed by atoms with E-state index < -0.39 is 0 Å². The summed E-state index contributed by atoms with van der Waals surface area (Å²) < 4.78 is 0. The Morgan fingerprint density at radius 2 is 1.65 bits per heavy atom. The first-order valence-electron chi connectivity index (χ1n) is 9.66. The average molecular weight is 345 g/mol. The third-order valence-corrected chi connectivity index (χ3v) is 5.59. The van der Waals surface area contributed by atoms with Crippen molar-refractivity contribution in [3.05, 3.63) is 83.4 Å². The van der Waals surface area contributed by atoms with E-state index in [1.54, 1.807) is 0 Å². The Labute approximate surface area is 156 Å². The Bertz CT molecular complexity index is 901. The van der Waals surface area contributed by atoms with Crippen molar-refractivity contribution in [1.82, 2.24) is 10.2 Å². The molecule has 1 N–H and O–H groups in total. The molecule has 1 aliphatic heterocycles. The van der Waals surface area contributed by atoms with Gasteiger partial charge in [-0.3, -0.25) is 4.90 Å². The lowest BCUT2D eigenvalue weighted by molar-refractivity contribution is 0.113. The molecule has 0 bridgehead atoms. The van der Waals surface area contributed by atoms with Gasteiger partial charge in [-0.2, -0.15) is 0 Å². The second kappa shape index (κ2) is 7.22. The van der Waals surface area contributed by atoms with Gasteiger partial charge in [0.2, 0.25) is 0 Å². The van der Waals surface area contributed by atoms with Crippen LogP contribution in [0.2, 0.25) is 0 Å². The second-order valence-electron chi connectivity index (χ2n) is 7.78. The Morgan fingerprint density at radius 1 is 0.885 bits per heavy atom. The first kappa shape index (κ1) is 17.3. The normalized spacial score (nSPS) is 22.4. The van der Waals surface area contributed by atoms with Crippen LogP contribution in [0.5, 0.6) is 0 Å². The molecule has 3 atom stereocenters. The minimum absolute atomic E-state index is 0.291. The lowest BCUT2D eigenvalue weighted by Crippen LogP contribution is -2.55. The predicted octanol–water partition coefficient (Wildman–Crippen LogP) is 4.92. The van der Waals surface area contributed by atoms with Crippen LogP contribution >= 0.6 is 0 Å². The third kappa shape index (κ3) is 3.40. The maximum absolute atomic E-state index is 3.62. The number of fused-ring (bicyclic) bond motifs is 1. The van der Waals surface area contributed by atoms with E-state index in [4.69, 9.17) is 0 Å². The van der Waals surface area contributed by atoms with E-state index in [9.17, 15) is 0 Å². The van der Waals surface area contributed by atoms with Gasteiger partial charge in [-0.1, -0.05) is 66.2 Å². The smallest absolute Gasteiger partial charge is 0.0605 e. The van der Waals surface area contributed by atoms with Crippen LogP contribution in [-0.2, 0) is 0 Å². The SMILES string of the molecule is Cc1cccc(C(c2ccc3ccccc3c2)N2CC(C)NCC2C)c1. The number of rotatable bonds is 3. The molecule has 4 rings (SSSR count). The van der Waals surface area contributed by atoms with Crippen LogP contribution in [0, 0.1) is 6.92 Å². The summed E-state index contributed by atoms with van der Waals surface area (Å²) in [5.74, 6) is 0. The number of nitrogens with one attached hydrogen (secondary N) is 1. The molecule has 0 aliphatic carbocycles. The van der Waals surface area contributed by atoms with Gasteiger partial charge in [-0.25, -0.2) is 0 Å². The standard InChI is InChI=1S/C24H28N2/c1-17-7-6-10-22(13-17)24(26-16-18(2)25-15-19(26)3)23-12-11-20-8-4-5-9-21(20)14-23/h4-14,18-19,24-25H,15-16H2,1-3H3. The summed E-state index contributed by atoms with van der Waals surface area (Å²) in [4.78, 5) is 2.67. The molecule has 1 fully saturated rings. The molecule has 0 saturated carbocycles. The van der Waals surface area contributed by atoms with Crippen molar-refractivity contribution < 1.29 is 0 Å². The molecule has 1 saturated heterocycles. The van der Waals surface area contributed by atoms with Crippen LogP contribution in [0.3, 0.4) is 0 Å². The van der Waals surface area contributed by atoms with E-state index in [1.165, 1.54) is 27.5 Å². The number of hydrogen-bond donors (Lipinski definition) is 1. The molecule has 134 valence electrons. The summed E-state index contributed by atoms with van der Waals surface area (Å²) in [6.07, 6.45) is 0. The van der Waals surface area contributed by atoms with E-state index >= 15 is 0 Å². The van der Waals surface area contributed by atoms with E-state index in [2.05, 4.69) is 97.7 Å². The van der Waals surface area contributed by atoms with Gasteiger partial charge in [0.1, 0.15) is 0 Å². The minimum atomic E-state index is 0.291. The second-order valence-corrected chi connectivity index (χ2v) is 7.78. The zero-order valence-electron chi connectivity index (χ0n) is 15.9. The summed E-state index contributed by atoms with van der Waals surface area (Å²) in [5.41, 5.74) is 4.10. The number of nitrogens with zero attached hydrogens (tertiary/aromatic N) is 1. The molecule has 2 heteroatoms. The highest BCUT2D eigenvalue weighted by Gasteiger charge is 2.31. The molecule has 1 heterocycles. The first-order valence-corrected chi connectivity index (χ1v) is 9.66. The van der Waals surface area contributed by atoms with Crippen LogP contribution in [0.15, 0.2) is 66.7 Å². The topological polar surface area (TPSA) is 15.3 Å². The monoisotopic (exact) mass is 344 g/mol. The molecule has 0 aromatic heterocycles. The zero-order valence-corrected chi connectivity index (χ0v) is 15.9. The van der Waals surface area contributed by atoms with Crippen molar-refractivity contribution in [3.63, 3.8) is 0 Å². The molecule has 1 aliphatic rings. The summed E-state index contributed by atoms with van der Waals surface area (Å²) >= 11 is 0. The highest BCUT2D eigenvalue weighted by atomic mass is 15.2. The number of hydrogen-bond acceptors (Lipinski definition) is 2. The molecular weight excluding hydrogens is 316 g/mol. The molecule has 2 nitrogen and oxygen atoms in total. The maximum Gasteiger partial charge on any atom is 0.0605 e. The summed E-state index contributed by atoms with van der Waals surface area (Å²) in [5, 5.41) is 6.24. The summed E-state index contributed by atoms with van der Waals surface area (Å²) in [7, 11) is 0. The van der Waals surface area contributed by atoms with Crippen LogP contribution in [0.1, 0.15) is 36.6 Å². The molecule has 0 spiro atoms. The van der Waals surface area contributed by atoms with E-state index in [0.29, 0.717) is 18.1 Å². The first-order chi connectivity index (χ1) is 12.6. The van der Waals surface area contributed by atoms with Crippen molar-refractivity contribution in [2.24, 2.45) is 0 Å². The van der Waals surface area contributed by atoms with Gasteiger partial charge in [0.15, 0.2) is 0 Å². The van der Waals surface area contributed by atoms with Gasteiger partial charge in [0, 0.05) is 25.2 Å². The van der Waals surface area contributed by atoms with E-state index in [1.807, 2.05) is 0 Å². The van der Waals surface area contributed by atoms with Crippen LogP contribution in [0.25, 0.3) is 10.8 Å². The third-order valence-electron chi connectivity index (χ3n) is 5.59. The Kier molecular flexibility index (Phi) is 4.80. The van der Waals surface area contributed by atoms with E-state index in [-0.39, 0.29) is 0 Å². The van der Waals surface area contributed by atoms with Gasteiger partial charge in [-0.15, -0.1) is 0 Å². The fourth-order valence-corrected chi connectivity index (χ4v) is 4.20. The molecule has 0 amide bonds. The van der Waals surface area contributed by atoms with E-state index in [0.717, 1.165) is 13.1 Å². The summed E-state index contributed by atoms with van der Waals surface area (Å²) in [6.45, 7) is 8.91. The summed E-state index contributed by atoms with van der Waals surface area (Å²) in [6, 6.07) is 25.9. The molecule has 0 radical (unpaired) electrons. The fourth-order valence-electron chi connectivity index (χ4n) is 4.20. The Balaban J connectivity index is 1.83. The van der Waals surface area contributed by atoms with Crippen molar-refractivity contribution in [2.75, 3.05) is 13.1 Å². The molecule has 3 aromatic rings. The fraction of sp³-hybridized carbons (Fsp3) is 0.333. The highest BCUT2D eigenvalue weighted by molar-refractivity contribution is 5.83. The highest BCUT2D eigenvalue weighted by Crippen LogP contribution is 2.33. The molecule has 3 aromatic carbocycles. The largest absolute Gasteiger partial charge is 0.311 e. The lowest BCUT2D eigenvalue weighted by Gasteiger charge is -2.43. The van der Waals surface area contributed by atoms with Gasteiger partial charge < -0.3 is 5.32 Å². The van der Waals surface area contributed by atoms with Crippen LogP contribution < -0.4 is 5.32 Å². The van der Waals surface area contributed by atoms with Gasteiger partial charge in [-0.05, 0) is 48.7 Å². The average Bonchev–Trinajstić information content (AvgIpc) is 2.65. The maximum atomic E-state index is 3.62. The molecule has 3 unspecified atom stereocenters. The van der Waals surface area contributed by atoms with Crippen molar-refractivity contribution in [2.45, 2.75) is 38.9 Å². The van der Waals surface area contributed by atoms with Crippen molar-refractivity contribution in [3.8, 4) is 0 Å². The Morgan fingerprint density at radius 3 is 2.46 bits per heavy atom. The van der Waals surface area contributed by atoms with Gasteiger partial charge in [0.25, 0.3) is 0 Å². The van der Waals surface area contributed by atoms with Crippen molar-refractivity contribution >= 4 is 10.8 Å². The molecule has 26 heavy (non-hydrogen) atoms. The molecular formula is C24H28N2. The van der Waals surface area contributed by atoms with Gasteiger partial charge in [0.05, 0.1) is 6.04 Å². The van der Waals surface area contributed by atoms with Crippen molar-refractivity contribution in [1.29, 1.82) is 0 Å². The number of piperazine rings is 1.